The van der Waals surface area contributed by atoms with Crippen LogP contribution < -0.4 is 10.6 Å². The van der Waals surface area contributed by atoms with Crippen LogP contribution in [-0.2, 0) is 4.79 Å². The molecule has 14 heavy (non-hydrogen) atoms. The first-order chi connectivity index (χ1) is 6.83. The van der Waals surface area contributed by atoms with Crippen LogP contribution in [0.3, 0.4) is 0 Å². The van der Waals surface area contributed by atoms with Gasteiger partial charge < -0.3 is 10.6 Å². The van der Waals surface area contributed by atoms with Crippen LogP contribution in [0.4, 0.5) is 0 Å². The maximum Gasteiger partial charge on any atom is 0.220 e. The zero-order valence-electron chi connectivity index (χ0n) is 8.84. The van der Waals surface area contributed by atoms with Crippen molar-refractivity contribution >= 4 is 17.7 Å². The minimum atomic E-state index is 0.216. The van der Waals surface area contributed by atoms with Gasteiger partial charge in [-0.1, -0.05) is 0 Å². The van der Waals surface area contributed by atoms with Gasteiger partial charge in [0, 0.05) is 18.7 Å². The molecule has 0 aliphatic carbocycles. The summed E-state index contributed by atoms with van der Waals surface area (Å²) in [6.45, 7) is 2.93. The summed E-state index contributed by atoms with van der Waals surface area (Å²) >= 11 is 1.76. The lowest BCUT2D eigenvalue weighted by Crippen LogP contribution is -2.34. The van der Waals surface area contributed by atoms with Gasteiger partial charge in [-0.15, -0.1) is 0 Å². The van der Waals surface area contributed by atoms with E-state index in [1.54, 1.807) is 11.8 Å². The molecule has 1 aliphatic heterocycles. The number of carbonyl (C=O) groups is 1. The number of nitrogens with one attached hydrogen (secondary N) is 2. The van der Waals surface area contributed by atoms with Crippen molar-refractivity contribution in [2.24, 2.45) is 5.92 Å². The fourth-order valence-corrected chi connectivity index (χ4v) is 2.03. The minimum absolute atomic E-state index is 0.216. The molecule has 0 spiro atoms. The lowest BCUT2D eigenvalue weighted by atomic mass is 9.96. The first-order valence-corrected chi connectivity index (χ1v) is 6.68. The maximum absolute atomic E-state index is 11.4. The molecule has 2 N–H and O–H groups in total. The van der Waals surface area contributed by atoms with Gasteiger partial charge in [-0.25, -0.2) is 0 Å². The van der Waals surface area contributed by atoms with Crippen molar-refractivity contribution in [3.8, 4) is 0 Å². The summed E-state index contributed by atoms with van der Waals surface area (Å²) in [6, 6.07) is 0. The molecule has 1 atom stereocenters. The summed E-state index contributed by atoms with van der Waals surface area (Å²) in [6.07, 6.45) is 5.16. The highest BCUT2D eigenvalue weighted by Gasteiger charge is 2.15. The molecule has 4 heteroatoms. The van der Waals surface area contributed by atoms with E-state index >= 15 is 0 Å². The molecule has 0 aromatic carbocycles. The van der Waals surface area contributed by atoms with Crippen molar-refractivity contribution < 1.29 is 4.79 Å². The monoisotopic (exact) mass is 216 g/mol. The minimum Gasteiger partial charge on any atom is -0.355 e. The first kappa shape index (κ1) is 11.9. The van der Waals surface area contributed by atoms with Crippen LogP contribution in [0.15, 0.2) is 0 Å². The Kier molecular flexibility index (Phi) is 6.03. The van der Waals surface area contributed by atoms with E-state index in [9.17, 15) is 4.79 Å². The number of carbonyl (C=O) groups excluding carboxylic acids is 1. The molecular weight excluding hydrogens is 196 g/mol. The van der Waals surface area contributed by atoms with E-state index in [0.717, 1.165) is 25.4 Å². The second-order valence-electron chi connectivity index (χ2n) is 3.76. The molecule has 3 nitrogen and oxygen atoms in total. The highest BCUT2D eigenvalue weighted by Crippen LogP contribution is 2.13. The second-order valence-corrected chi connectivity index (χ2v) is 4.74. The quantitative estimate of drug-likeness (QED) is 0.670. The standard InChI is InChI=1S/C10H20N2OS/c1-14-6-5-12-10(13)7-9-3-2-4-11-8-9/h9,11H,2-8H2,1H3,(H,12,13). The fourth-order valence-electron chi connectivity index (χ4n) is 1.73. The highest BCUT2D eigenvalue weighted by atomic mass is 32.2. The van der Waals surface area contributed by atoms with Crippen molar-refractivity contribution in [2.75, 3.05) is 31.6 Å². The zero-order valence-corrected chi connectivity index (χ0v) is 9.66. The largest absolute Gasteiger partial charge is 0.355 e. The molecule has 1 rings (SSSR count). The van der Waals surface area contributed by atoms with E-state index in [2.05, 4.69) is 16.9 Å². The molecule has 1 saturated heterocycles. The number of hydrogen-bond donors (Lipinski definition) is 2. The first-order valence-electron chi connectivity index (χ1n) is 5.29. The van der Waals surface area contributed by atoms with Gasteiger partial charge in [-0.2, -0.15) is 11.8 Å². The summed E-state index contributed by atoms with van der Waals surface area (Å²) in [5.74, 6) is 1.78. The summed E-state index contributed by atoms with van der Waals surface area (Å²) < 4.78 is 0. The lowest BCUT2D eigenvalue weighted by molar-refractivity contribution is -0.122. The number of amides is 1. The Morgan fingerprint density at radius 2 is 2.50 bits per heavy atom. The van der Waals surface area contributed by atoms with Gasteiger partial charge in [0.2, 0.25) is 5.91 Å². The molecule has 0 saturated carbocycles. The van der Waals surface area contributed by atoms with E-state index in [-0.39, 0.29) is 5.91 Å². The number of hydrogen-bond acceptors (Lipinski definition) is 3. The van der Waals surface area contributed by atoms with Crippen molar-refractivity contribution in [1.29, 1.82) is 0 Å². The molecule has 0 aromatic heterocycles. The molecule has 0 aromatic rings. The predicted molar refractivity (Wildman–Crippen MR) is 61.6 cm³/mol. The predicted octanol–water partition coefficient (Wildman–Crippen LogP) is 0.855. The van der Waals surface area contributed by atoms with E-state index in [4.69, 9.17) is 0 Å². The number of piperidine rings is 1. The molecule has 0 bridgehead atoms. The average Bonchev–Trinajstić information content (AvgIpc) is 2.20. The molecule has 1 amide bonds. The van der Waals surface area contributed by atoms with E-state index in [1.165, 1.54) is 12.8 Å². The van der Waals surface area contributed by atoms with Gasteiger partial charge >= 0.3 is 0 Å². The van der Waals surface area contributed by atoms with Gasteiger partial charge in [0.15, 0.2) is 0 Å². The molecule has 0 radical (unpaired) electrons. The van der Waals surface area contributed by atoms with E-state index in [1.807, 2.05) is 0 Å². The van der Waals surface area contributed by atoms with Crippen molar-refractivity contribution in [3.63, 3.8) is 0 Å². The highest BCUT2D eigenvalue weighted by molar-refractivity contribution is 7.98. The Bertz CT molecular complexity index is 170. The third-order valence-electron chi connectivity index (χ3n) is 2.50. The molecule has 1 aliphatic rings. The maximum atomic E-state index is 11.4. The van der Waals surface area contributed by atoms with E-state index in [0.29, 0.717) is 12.3 Å². The van der Waals surface area contributed by atoms with E-state index < -0.39 is 0 Å². The fraction of sp³-hybridized carbons (Fsp3) is 0.900. The van der Waals surface area contributed by atoms with Crippen LogP contribution >= 0.6 is 11.8 Å². The Morgan fingerprint density at radius 3 is 3.14 bits per heavy atom. The van der Waals surface area contributed by atoms with Gasteiger partial charge in [0.25, 0.3) is 0 Å². The van der Waals surface area contributed by atoms with Crippen LogP contribution in [0.25, 0.3) is 0 Å². The average molecular weight is 216 g/mol. The van der Waals surface area contributed by atoms with Crippen LogP contribution in [-0.4, -0.2) is 37.6 Å². The summed E-state index contributed by atoms with van der Waals surface area (Å²) in [5.41, 5.74) is 0. The van der Waals surface area contributed by atoms with Gasteiger partial charge in [-0.3, -0.25) is 4.79 Å². The number of thioether (sulfide) groups is 1. The van der Waals surface area contributed by atoms with Crippen molar-refractivity contribution in [3.05, 3.63) is 0 Å². The molecule has 1 fully saturated rings. The summed E-state index contributed by atoms with van der Waals surface area (Å²) in [5, 5.41) is 6.27. The third-order valence-corrected chi connectivity index (χ3v) is 3.11. The molecule has 1 unspecified atom stereocenters. The molecule has 82 valence electrons. The summed E-state index contributed by atoms with van der Waals surface area (Å²) in [7, 11) is 0. The molecule has 1 heterocycles. The topological polar surface area (TPSA) is 41.1 Å². The Hall–Kier alpha value is -0.220. The SMILES string of the molecule is CSCCNC(=O)CC1CCCNC1. The second kappa shape index (κ2) is 7.12. The van der Waals surface area contributed by atoms with Gasteiger partial charge in [-0.05, 0) is 38.1 Å². The van der Waals surface area contributed by atoms with Gasteiger partial charge in [0.05, 0.1) is 0 Å². The Balaban J connectivity index is 2.06. The van der Waals surface area contributed by atoms with Crippen molar-refractivity contribution in [2.45, 2.75) is 19.3 Å². The summed E-state index contributed by atoms with van der Waals surface area (Å²) in [4.78, 5) is 11.4. The lowest BCUT2D eigenvalue weighted by Gasteiger charge is -2.21. The van der Waals surface area contributed by atoms with Crippen LogP contribution in [0.5, 0.6) is 0 Å². The normalized spacial score (nSPS) is 21.9. The molecular formula is C10H20N2OS. The van der Waals surface area contributed by atoms with Crippen LogP contribution in [0.2, 0.25) is 0 Å². The van der Waals surface area contributed by atoms with Crippen LogP contribution in [0, 0.1) is 5.92 Å². The van der Waals surface area contributed by atoms with Gasteiger partial charge in [0.1, 0.15) is 0 Å². The van der Waals surface area contributed by atoms with Crippen molar-refractivity contribution in [1.82, 2.24) is 10.6 Å². The van der Waals surface area contributed by atoms with Crippen LogP contribution in [0.1, 0.15) is 19.3 Å². The Morgan fingerprint density at radius 1 is 1.64 bits per heavy atom. The number of rotatable bonds is 5. The zero-order chi connectivity index (χ0) is 10.2. The smallest absolute Gasteiger partial charge is 0.220 e. The third kappa shape index (κ3) is 4.86. The Labute approximate surface area is 90.4 Å².